The molecule has 0 saturated carbocycles. The second kappa shape index (κ2) is 9.84. The van der Waals surface area contributed by atoms with E-state index in [1.54, 1.807) is 6.07 Å². The van der Waals surface area contributed by atoms with Crippen molar-refractivity contribution in [1.82, 2.24) is 0 Å². The molecule has 10 heteroatoms. The maximum absolute atomic E-state index is 9.74. The molecule has 0 aromatic heterocycles. The Bertz CT molecular complexity index is 638. The molecule has 0 unspecified atom stereocenters. The Balaban J connectivity index is 2.95. The average molecular weight is 459 g/mol. The molecular formula is C18H39BO5Si4. The van der Waals surface area contributed by atoms with Gasteiger partial charge >= 0.3 is 24.2 Å². The third-order valence-corrected chi connectivity index (χ3v) is 20.0. The highest BCUT2D eigenvalue weighted by molar-refractivity contribution is 6.95. The lowest BCUT2D eigenvalue weighted by atomic mass is 9.80. The maximum Gasteiger partial charge on any atom is 0.488 e. The number of unbranched alkanes of at least 4 members (excludes halogenated alkanes) is 1. The Morgan fingerprint density at radius 3 is 1.89 bits per heavy atom. The summed E-state index contributed by atoms with van der Waals surface area (Å²) < 4.78 is 19.8. The first-order chi connectivity index (χ1) is 12.6. The van der Waals surface area contributed by atoms with Gasteiger partial charge in [-0.2, -0.15) is 0 Å². The van der Waals surface area contributed by atoms with Crippen LogP contribution in [0.2, 0.25) is 58.4 Å². The summed E-state index contributed by atoms with van der Waals surface area (Å²) in [5.74, 6) is 0. The van der Waals surface area contributed by atoms with Crippen molar-refractivity contribution in [2.45, 2.75) is 78.2 Å². The van der Waals surface area contributed by atoms with Crippen LogP contribution in [0.1, 0.15) is 19.8 Å². The van der Waals surface area contributed by atoms with Gasteiger partial charge in [-0.25, -0.2) is 0 Å². The molecule has 0 amide bonds. The molecule has 0 aliphatic heterocycles. The zero-order chi connectivity index (χ0) is 21.8. The molecule has 0 bridgehead atoms. The van der Waals surface area contributed by atoms with Crippen LogP contribution in [0.3, 0.4) is 0 Å². The van der Waals surface area contributed by atoms with E-state index in [0.29, 0.717) is 5.46 Å². The van der Waals surface area contributed by atoms with Gasteiger partial charge < -0.3 is 22.4 Å². The average Bonchev–Trinajstić information content (AvgIpc) is 2.49. The van der Waals surface area contributed by atoms with E-state index in [-0.39, 0.29) is 0 Å². The predicted molar refractivity (Wildman–Crippen MR) is 129 cm³/mol. The molecule has 0 radical (unpaired) electrons. The summed E-state index contributed by atoms with van der Waals surface area (Å²) in [7, 11) is -10.5. The molecule has 1 rings (SSSR count). The van der Waals surface area contributed by atoms with Crippen molar-refractivity contribution < 1.29 is 22.4 Å². The molecule has 0 atom stereocenters. The third kappa shape index (κ3) is 8.36. The highest BCUT2D eigenvalue weighted by atomic mass is 28.5. The molecule has 28 heavy (non-hydrogen) atoms. The van der Waals surface area contributed by atoms with E-state index in [1.807, 2.05) is 18.2 Å². The second-order valence-electron chi connectivity index (χ2n) is 9.44. The number of hydrogen-bond acceptors (Lipinski definition) is 5. The van der Waals surface area contributed by atoms with Crippen LogP contribution in [0, 0.1) is 0 Å². The summed E-state index contributed by atoms with van der Waals surface area (Å²) in [6, 6.07) is 8.56. The van der Waals surface area contributed by atoms with Crippen molar-refractivity contribution >= 4 is 51.5 Å². The summed E-state index contributed by atoms with van der Waals surface area (Å²) in [5.41, 5.74) is 0.518. The lowest BCUT2D eigenvalue weighted by Crippen LogP contribution is -2.62. The topological polar surface area (TPSA) is 68.2 Å². The second-order valence-corrected chi connectivity index (χ2v) is 25.1. The Morgan fingerprint density at radius 1 is 0.821 bits per heavy atom. The van der Waals surface area contributed by atoms with E-state index >= 15 is 0 Å². The number of hydrogen-bond donors (Lipinski definition) is 2. The van der Waals surface area contributed by atoms with Crippen LogP contribution in [0.15, 0.2) is 24.3 Å². The summed E-state index contributed by atoms with van der Waals surface area (Å²) in [6.45, 7) is 19.3. The number of benzene rings is 1. The lowest BCUT2D eigenvalue weighted by Gasteiger charge is -2.41. The van der Waals surface area contributed by atoms with Crippen LogP contribution in [0.4, 0.5) is 0 Å². The van der Waals surface area contributed by atoms with Gasteiger partial charge in [-0.15, -0.1) is 0 Å². The molecule has 1 aromatic rings. The maximum atomic E-state index is 9.74. The molecule has 0 spiro atoms. The van der Waals surface area contributed by atoms with Crippen molar-refractivity contribution in [1.29, 1.82) is 0 Å². The monoisotopic (exact) mass is 458 g/mol. The fraction of sp³-hybridized carbons (Fsp3) is 0.667. The van der Waals surface area contributed by atoms with Crippen molar-refractivity contribution in [2.75, 3.05) is 0 Å². The summed E-state index contributed by atoms with van der Waals surface area (Å²) in [4.78, 5) is 0. The summed E-state index contributed by atoms with van der Waals surface area (Å²) in [5, 5.41) is 20.4. The molecule has 0 aliphatic carbocycles. The van der Waals surface area contributed by atoms with E-state index in [9.17, 15) is 10.0 Å². The van der Waals surface area contributed by atoms with Crippen LogP contribution < -0.4 is 10.6 Å². The first kappa shape index (κ1) is 26.0. The molecule has 5 nitrogen and oxygen atoms in total. The molecule has 0 heterocycles. The lowest BCUT2D eigenvalue weighted by molar-refractivity contribution is 0.330. The molecule has 2 N–H and O–H groups in total. The van der Waals surface area contributed by atoms with Gasteiger partial charge in [-0.05, 0) is 69.1 Å². The first-order valence-corrected chi connectivity index (χ1v) is 21.8. The first-order valence-electron chi connectivity index (χ1n) is 10.2. The van der Waals surface area contributed by atoms with Crippen molar-refractivity contribution in [2.24, 2.45) is 0 Å². The van der Waals surface area contributed by atoms with E-state index in [0.717, 1.165) is 11.2 Å². The quantitative estimate of drug-likeness (QED) is 0.499. The molecule has 160 valence electrons. The largest absolute Gasteiger partial charge is 0.488 e. The van der Waals surface area contributed by atoms with E-state index in [1.165, 1.54) is 12.8 Å². The smallest absolute Gasteiger partial charge is 0.436 e. The molecule has 1 aromatic carbocycles. The SMILES string of the molecule is CCCC[Si](C)(C)O[Si](C)(C)O[Si](C)(C)O[Si](C)(C)c1ccccc1B(O)O. The van der Waals surface area contributed by atoms with Gasteiger partial charge in [-0.3, -0.25) is 0 Å². The van der Waals surface area contributed by atoms with Gasteiger partial charge in [0, 0.05) is 0 Å². The van der Waals surface area contributed by atoms with Crippen molar-refractivity contribution in [3.05, 3.63) is 24.3 Å². The standard InChI is InChI=1S/C18H39BO5Si4/c1-10-11-16-25(2,3)22-27(6,7)24-28(8,9)23-26(4,5)18-15-13-12-14-17(18)19(20)21/h12-15,20-21H,10-11,16H2,1-9H3. The van der Waals surface area contributed by atoms with E-state index in [2.05, 4.69) is 59.3 Å². The molecule has 0 fully saturated rings. The van der Waals surface area contributed by atoms with Crippen molar-refractivity contribution in [3.8, 4) is 0 Å². The van der Waals surface area contributed by atoms with Crippen LogP contribution >= 0.6 is 0 Å². The minimum atomic E-state index is -2.49. The minimum Gasteiger partial charge on any atom is -0.436 e. The number of rotatable bonds is 11. The molecule has 0 aliphatic rings. The normalized spacial score (nSPS) is 13.7. The van der Waals surface area contributed by atoms with Crippen LogP contribution in [0.5, 0.6) is 0 Å². The van der Waals surface area contributed by atoms with Crippen LogP contribution in [-0.4, -0.2) is 50.9 Å². The fourth-order valence-electron chi connectivity index (χ4n) is 3.89. The minimum absolute atomic E-state index is 0.518. The third-order valence-electron chi connectivity index (χ3n) is 4.53. The van der Waals surface area contributed by atoms with Gasteiger partial charge in [0.25, 0.3) is 0 Å². The zero-order valence-corrected chi connectivity index (χ0v) is 23.1. The van der Waals surface area contributed by atoms with Gasteiger partial charge in [0.15, 0.2) is 8.32 Å². The Labute approximate surface area is 176 Å². The highest BCUT2D eigenvalue weighted by Crippen LogP contribution is 2.26. The Kier molecular flexibility index (Phi) is 9.13. The van der Waals surface area contributed by atoms with Crippen LogP contribution in [0.25, 0.3) is 0 Å². The Morgan fingerprint density at radius 2 is 1.36 bits per heavy atom. The fourth-order valence-corrected chi connectivity index (χ4v) is 23.4. The van der Waals surface area contributed by atoms with Crippen LogP contribution in [-0.2, 0) is 12.3 Å². The highest BCUT2D eigenvalue weighted by Gasteiger charge is 2.44. The van der Waals surface area contributed by atoms with Gasteiger partial charge in [0.1, 0.15) is 0 Å². The van der Waals surface area contributed by atoms with Crippen molar-refractivity contribution in [3.63, 3.8) is 0 Å². The van der Waals surface area contributed by atoms with E-state index in [4.69, 9.17) is 12.3 Å². The summed E-state index contributed by atoms with van der Waals surface area (Å²) in [6.07, 6.45) is 2.38. The Hall–Kier alpha value is -0.0475. The molecular weight excluding hydrogens is 419 g/mol. The summed E-state index contributed by atoms with van der Waals surface area (Å²) >= 11 is 0. The van der Waals surface area contributed by atoms with Gasteiger partial charge in [0.05, 0.1) is 0 Å². The van der Waals surface area contributed by atoms with Gasteiger partial charge in [0.2, 0.25) is 8.32 Å². The van der Waals surface area contributed by atoms with Gasteiger partial charge in [-0.1, -0.05) is 44.0 Å². The zero-order valence-electron chi connectivity index (χ0n) is 19.1. The molecule has 0 saturated heterocycles. The predicted octanol–water partition coefficient (Wildman–Crippen LogP) is 3.24. The van der Waals surface area contributed by atoms with E-state index < -0.39 is 40.9 Å².